The van der Waals surface area contributed by atoms with Crippen LogP contribution in [0.25, 0.3) is 0 Å². The van der Waals surface area contributed by atoms with E-state index in [2.05, 4.69) is 10.4 Å². The summed E-state index contributed by atoms with van der Waals surface area (Å²) >= 11 is 0. The fourth-order valence-electron chi connectivity index (χ4n) is 1.77. The van der Waals surface area contributed by atoms with Gasteiger partial charge in [-0.15, -0.1) is 0 Å². The molecule has 2 aromatic heterocycles. The van der Waals surface area contributed by atoms with Gasteiger partial charge in [-0.2, -0.15) is 5.10 Å². The molecule has 0 saturated carbocycles. The minimum atomic E-state index is -0.306. The molecule has 0 aromatic carbocycles. The Hall–Kier alpha value is -2.04. The van der Waals surface area contributed by atoms with Gasteiger partial charge in [-0.05, 0) is 32.0 Å². The van der Waals surface area contributed by atoms with Crippen LogP contribution in [0.4, 0.5) is 0 Å². The highest BCUT2D eigenvalue weighted by molar-refractivity contribution is 5.80. The molecular weight excluding hydrogens is 230 g/mol. The number of carbonyl (C=O) groups is 1. The lowest BCUT2D eigenvalue weighted by Crippen LogP contribution is -2.38. The van der Waals surface area contributed by atoms with Gasteiger partial charge in [0.05, 0.1) is 6.26 Å². The molecule has 0 aliphatic heterocycles. The minimum absolute atomic E-state index is 0.0293. The maximum Gasteiger partial charge on any atom is 0.244 e. The largest absolute Gasteiger partial charge is 0.469 e. The van der Waals surface area contributed by atoms with Gasteiger partial charge in [-0.25, -0.2) is 0 Å². The molecule has 1 amide bonds. The molecule has 0 saturated heterocycles. The first-order valence-electron chi connectivity index (χ1n) is 5.98. The highest BCUT2D eigenvalue weighted by atomic mass is 16.3. The highest BCUT2D eigenvalue weighted by Crippen LogP contribution is 2.07. The van der Waals surface area contributed by atoms with Crippen molar-refractivity contribution in [1.29, 1.82) is 0 Å². The van der Waals surface area contributed by atoms with Gasteiger partial charge in [-0.3, -0.25) is 9.48 Å². The Morgan fingerprint density at radius 1 is 1.50 bits per heavy atom. The molecule has 0 aliphatic rings. The molecule has 0 radical (unpaired) electrons. The quantitative estimate of drug-likeness (QED) is 0.876. The predicted molar refractivity (Wildman–Crippen MR) is 67.0 cm³/mol. The molecule has 1 N–H and O–H groups in total. The SMILES string of the molecule is C[C@H](Cc1ccco1)NC(=O)[C@@H](C)n1cccn1. The maximum atomic E-state index is 12.0. The molecule has 2 aromatic rings. The van der Waals surface area contributed by atoms with E-state index in [4.69, 9.17) is 4.42 Å². The number of carbonyl (C=O) groups excluding carboxylic acids is 1. The normalized spacial score (nSPS) is 14.1. The van der Waals surface area contributed by atoms with Crippen molar-refractivity contribution in [3.05, 3.63) is 42.6 Å². The maximum absolute atomic E-state index is 12.0. The van der Waals surface area contributed by atoms with E-state index in [1.54, 1.807) is 29.4 Å². The van der Waals surface area contributed by atoms with Gasteiger partial charge in [0.15, 0.2) is 0 Å². The number of rotatable bonds is 5. The summed E-state index contributed by atoms with van der Waals surface area (Å²) in [6.45, 7) is 3.78. The number of aromatic nitrogens is 2. The summed E-state index contributed by atoms with van der Waals surface area (Å²) in [5.74, 6) is 0.826. The van der Waals surface area contributed by atoms with Gasteiger partial charge in [0, 0.05) is 24.9 Å². The average Bonchev–Trinajstić information content (AvgIpc) is 2.99. The highest BCUT2D eigenvalue weighted by Gasteiger charge is 2.17. The van der Waals surface area contributed by atoms with E-state index in [0.717, 1.165) is 5.76 Å². The van der Waals surface area contributed by atoms with Gasteiger partial charge in [0.2, 0.25) is 5.91 Å². The Kier molecular flexibility index (Phi) is 3.82. The second kappa shape index (κ2) is 5.53. The van der Waals surface area contributed by atoms with Crippen molar-refractivity contribution in [2.24, 2.45) is 0 Å². The lowest BCUT2D eigenvalue weighted by Gasteiger charge is -2.17. The van der Waals surface area contributed by atoms with Crippen LogP contribution in [-0.2, 0) is 11.2 Å². The molecule has 0 aliphatic carbocycles. The minimum Gasteiger partial charge on any atom is -0.469 e. The van der Waals surface area contributed by atoms with Crippen LogP contribution in [0.15, 0.2) is 41.3 Å². The Balaban J connectivity index is 1.87. The first-order valence-corrected chi connectivity index (χ1v) is 5.98. The van der Waals surface area contributed by atoms with Crippen molar-refractivity contribution in [1.82, 2.24) is 15.1 Å². The van der Waals surface area contributed by atoms with E-state index in [1.165, 1.54) is 0 Å². The zero-order chi connectivity index (χ0) is 13.0. The summed E-state index contributed by atoms with van der Waals surface area (Å²) in [7, 11) is 0. The molecule has 5 heteroatoms. The lowest BCUT2D eigenvalue weighted by molar-refractivity contribution is -0.124. The Bertz CT molecular complexity index is 476. The average molecular weight is 247 g/mol. The van der Waals surface area contributed by atoms with Crippen LogP contribution < -0.4 is 5.32 Å². The summed E-state index contributed by atoms with van der Waals surface area (Å²) in [6, 6.07) is 5.27. The van der Waals surface area contributed by atoms with Gasteiger partial charge >= 0.3 is 0 Å². The molecule has 96 valence electrons. The molecule has 0 spiro atoms. The topological polar surface area (TPSA) is 60.1 Å². The summed E-state index contributed by atoms with van der Waals surface area (Å²) in [5.41, 5.74) is 0. The first kappa shape index (κ1) is 12.4. The monoisotopic (exact) mass is 247 g/mol. The smallest absolute Gasteiger partial charge is 0.244 e. The van der Waals surface area contributed by atoms with Gasteiger partial charge in [0.1, 0.15) is 11.8 Å². The predicted octanol–water partition coefficient (Wildman–Crippen LogP) is 1.78. The van der Waals surface area contributed by atoms with Crippen LogP contribution in [0.3, 0.4) is 0 Å². The number of hydrogen-bond donors (Lipinski definition) is 1. The van der Waals surface area contributed by atoms with Crippen LogP contribution in [-0.4, -0.2) is 21.7 Å². The van der Waals surface area contributed by atoms with Crippen LogP contribution >= 0.6 is 0 Å². The number of furan rings is 1. The molecule has 0 fully saturated rings. The third kappa shape index (κ3) is 3.00. The zero-order valence-corrected chi connectivity index (χ0v) is 10.5. The van der Waals surface area contributed by atoms with E-state index < -0.39 is 0 Å². The third-order valence-electron chi connectivity index (χ3n) is 2.78. The first-order chi connectivity index (χ1) is 8.66. The number of nitrogens with one attached hydrogen (secondary N) is 1. The Labute approximate surface area is 106 Å². The van der Waals surface area contributed by atoms with Crippen molar-refractivity contribution in [3.8, 4) is 0 Å². The van der Waals surface area contributed by atoms with Gasteiger partial charge < -0.3 is 9.73 Å². The molecule has 2 atom stereocenters. The standard InChI is InChI=1S/C13H17N3O2/c1-10(9-12-5-3-8-18-12)15-13(17)11(2)16-7-4-6-14-16/h3-8,10-11H,9H2,1-2H3,(H,15,17)/t10-,11-/m1/s1. The molecule has 5 nitrogen and oxygen atoms in total. The zero-order valence-electron chi connectivity index (χ0n) is 10.5. The fourth-order valence-corrected chi connectivity index (χ4v) is 1.77. The van der Waals surface area contributed by atoms with Crippen LogP contribution in [0.2, 0.25) is 0 Å². The third-order valence-corrected chi connectivity index (χ3v) is 2.78. The van der Waals surface area contributed by atoms with E-state index >= 15 is 0 Å². The second-order valence-electron chi connectivity index (χ2n) is 4.36. The summed E-state index contributed by atoms with van der Waals surface area (Å²) in [4.78, 5) is 12.0. The van der Waals surface area contributed by atoms with Crippen molar-refractivity contribution >= 4 is 5.91 Å². The fraction of sp³-hybridized carbons (Fsp3) is 0.385. The van der Waals surface area contributed by atoms with Crippen molar-refractivity contribution in [2.75, 3.05) is 0 Å². The molecule has 0 bridgehead atoms. The Morgan fingerprint density at radius 3 is 2.94 bits per heavy atom. The van der Waals surface area contributed by atoms with E-state index in [0.29, 0.717) is 6.42 Å². The molecule has 0 unspecified atom stereocenters. The van der Waals surface area contributed by atoms with Crippen LogP contribution in [0.1, 0.15) is 25.6 Å². The molecule has 2 heterocycles. The van der Waals surface area contributed by atoms with E-state index in [9.17, 15) is 4.79 Å². The molecule has 18 heavy (non-hydrogen) atoms. The van der Waals surface area contributed by atoms with Gasteiger partial charge in [-0.1, -0.05) is 0 Å². The van der Waals surface area contributed by atoms with E-state index in [-0.39, 0.29) is 18.0 Å². The van der Waals surface area contributed by atoms with Crippen molar-refractivity contribution < 1.29 is 9.21 Å². The van der Waals surface area contributed by atoms with Gasteiger partial charge in [0.25, 0.3) is 0 Å². The van der Waals surface area contributed by atoms with E-state index in [1.807, 2.05) is 26.0 Å². The lowest BCUT2D eigenvalue weighted by atomic mass is 10.2. The number of amides is 1. The molecule has 2 rings (SSSR count). The van der Waals surface area contributed by atoms with Crippen LogP contribution in [0, 0.1) is 0 Å². The summed E-state index contributed by atoms with van der Waals surface area (Å²) in [6.07, 6.45) is 5.76. The summed E-state index contributed by atoms with van der Waals surface area (Å²) < 4.78 is 6.88. The Morgan fingerprint density at radius 2 is 2.33 bits per heavy atom. The molecular formula is C13H17N3O2. The number of nitrogens with zero attached hydrogens (tertiary/aromatic N) is 2. The second-order valence-corrected chi connectivity index (χ2v) is 4.36. The summed E-state index contributed by atoms with van der Waals surface area (Å²) in [5, 5.41) is 7.00. The number of hydrogen-bond acceptors (Lipinski definition) is 3. The van der Waals surface area contributed by atoms with Crippen molar-refractivity contribution in [3.63, 3.8) is 0 Å². The van der Waals surface area contributed by atoms with Crippen molar-refractivity contribution in [2.45, 2.75) is 32.4 Å². The van der Waals surface area contributed by atoms with Crippen LogP contribution in [0.5, 0.6) is 0 Å².